The smallest absolute Gasteiger partial charge is 0.274 e. The second kappa shape index (κ2) is 8.59. The maximum Gasteiger partial charge on any atom is 0.274 e. The van der Waals surface area contributed by atoms with Gasteiger partial charge in [0.05, 0.1) is 16.8 Å². The quantitative estimate of drug-likeness (QED) is 0.501. The molecule has 4 aromatic rings. The maximum atomic E-state index is 12.9. The highest BCUT2D eigenvalue weighted by Gasteiger charge is 2.15. The molecular weight excluding hydrogens is 384 g/mol. The Morgan fingerprint density at radius 2 is 1.93 bits per heavy atom. The van der Waals surface area contributed by atoms with Gasteiger partial charge in [0.15, 0.2) is 0 Å². The number of fused-ring (bicyclic) bond motifs is 1. The number of ether oxygens (including phenoxy) is 1. The van der Waals surface area contributed by atoms with E-state index in [9.17, 15) is 9.90 Å². The fourth-order valence-corrected chi connectivity index (χ4v) is 3.98. The number of aliphatic hydroxyl groups excluding tert-OH is 1. The van der Waals surface area contributed by atoms with Crippen LogP contribution in [0.5, 0.6) is 5.75 Å². The molecule has 0 aliphatic carbocycles. The van der Waals surface area contributed by atoms with Gasteiger partial charge in [-0.25, -0.2) is 4.68 Å². The lowest BCUT2D eigenvalue weighted by molar-refractivity contribution is 0.0882. The van der Waals surface area contributed by atoms with Crippen LogP contribution in [-0.2, 0) is 13.0 Å². The lowest BCUT2D eigenvalue weighted by Crippen LogP contribution is -2.32. The summed E-state index contributed by atoms with van der Waals surface area (Å²) < 4.78 is 7.06. The Morgan fingerprint density at radius 1 is 1.10 bits per heavy atom. The first kappa shape index (κ1) is 19.4. The normalized spacial score (nSPS) is 12.2. The van der Waals surface area contributed by atoms with E-state index in [0.717, 1.165) is 22.4 Å². The second-order valence-electron chi connectivity index (χ2n) is 6.82. The standard InChI is InChI=1S/C23H22N2O3S/c1-2-16-7-5-8-18(13-16)28-15-17(26)14-25-23(27)20-10-4-3-9-19(20)22(24-25)21-11-6-12-29-21/h3-13,17,26H,2,14-15H2,1H3. The predicted octanol–water partition coefficient (Wildman–Crippen LogP) is 4.13. The van der Waals surface area contributed by atoms with Crippen molar-refractivity contribution in [2.75, 3.05) is 6.61 Å². The van der Waals surface area contributed by atoms with E-state index < -0.39 is 6.10 Å². The van der Waals surface area contributed by atoms with Crippen LogP contribution < -0.4 is 10.3 Å². The molecule has 0 aliphatic heterocycles. The molecule has 0 radical (unpaired) electrons. The number of hydrogen-bond donors (Lipinski definition) is 1. The molecule has 0 amide bonds. The van der Waals surface area contributed by atoms with Crippen molar-refractivity contribution >= 4 is 22.1 Å². The molecule has 5 nitrogen and oxygen atoms in total. The molecule has 0 fully saturated rings. The third kappa shape index (κ3) is 4.23. The molecule has 0 saturated carbocycles. The highest BCUT2D eigenvalue weighted by molar-refractivity contribution is 7.13. The molecule has 1 atom stereocenters. The van der Waals surface area contributed by atoms with E-state index in [1.54, 1.807) is 17.4 Å². The van der Waals surface area contributed by atoms with Gasteiger partial charge in [-0.3, -0.25) is 4.79 Å². The van der Waals surface area contributed by atoms with Crippen LogP contribution in [-0.4, -0.2) is 27.6 Å². The van der Waals surface area contributed by atoms with E-state index in [1.807, 2.05) is 60.0 Å². The summed E-state index contributed by atoms with van der Waals surface area (Å²) in [5.74, 6) is 0.710. The van der Waals surface area contributed by atoms with Crippen LogP contribution in [0.15, 0.2) is 70.8 Å². The first-order chi connectivity index (χ1) is 14.2. The van der Waals surface area contributed by atoms with Gasteiger partial charge in [-0.2, -0.15) is 5.10 Å². The minimum Gasteiger partial charge on any atom is -0.491 e. The third-order valence-corrected chi connectivity index (χ3v) is 5.63. The zero-order valence-corrected chi connectivity index (χ0v) is 16.9. The van der Waals surface area contributed by atoms with Crippen molar-refractivity contribution in [1.29, 1.82) is 0 Å². The van der Waals surface area contributed by atoms with Crippen molar-refractivity contribution in [1.82, 2.24) is 9.78 Å². The van der Waals surface area contributed by atoms with Crippen LogP contribution in [0.2, 0.25) is 0 Å². The van der Waals surface area contributed by atoms with Crippen LogP contribution in [0.4, 0.5) is 0 Å². The monoisotopic (exact) mass is 406 g/mol. The highest BCUT2D eigenvalue weighted by Crippen LogP contribution is 2.28. The summed E-state index contributed by atoms with van der Waals surface area (Å²) in [7, 11) is 0. The Balaban J connectivity index is 1.59. The summed E-state index contributed by atoms with van der Waals surface area (Å²) in [6, 6.07) is 19.2. The zero-order chi connectivity index (χ0) is 20.2. The molecule has 2 aromatic heterocycles. The van der Waals surface area contributed by atoms with Gasteiger partial charge in [-0.15, -0.1) is 11.3 Å². The van der Waals surface area contributed by atoms with E-state index >= 15 is 0 Å². The highest BCUT2D eigenvalue weighted by atomic mass is 32.1. The van der Waals surface area contributed by atoms with Gasteiger partial charge >= 0.3 is 0 Å². The molecule has 0 bridgehead atoms. The van der Waals surface area contributed by atoms with E-state index in [2.05, 4.69) is 12.0 Å². The minimum atomic E-state index is -0.858. The van der Waals surface area contributed by atoms with Crippen molar-refractivity contribution < 1.29 is 9.84 Å². The number of hydrogen-bond acceptors (Lipinski definition) is 5. The molecule has 6 heteroatoms. The molecule has 0 aliphatic rings. The van der Waals surface area contributed by atoms with Crippen molar-refractivity contribution in [2.24, 2.45) is 0 Å². The van der Waals surface area contributed by atoms with Gasteiger partial charge in [0.2, 0.25) is 0 Å². The van der Waals surface area contributed by atoms with Gasteiger partial charge in [0.25, 0.3) is 5.56 Å². The average Bonchev–Trinajstić information content (AvgIpc) is 3.29. The Kier molecular flexibility index (Phi) is 5.74. The van der Waals surface area contributed by atoms with E-state index in [0.29, 0.717) is 11.1 Å². The number of aromatic nitrogens is 2. The molecule has 0 saturated heterocycles. The third-order valence-electron chi connectivity index (χ3n) is 4.76. The summed E-state index contributed by atoms with van der Waals surface area (Å²) in [6.45, 7) is 2.23. The van der Waals surface area contributed by atoms with Crippen molar-refractivity contribution in [2.45, 2.75) is 26.0 Å². The van der Waals surface area contributed by atoms with Gasteiger partial charge in [-0.1, -0.05) is 43.3 Å². The molecule has 0 spiro atoms. The van der Waals surface area contributed by atoms with E-state index in [4.69, 9.17) is 4.74 Å². The average molecular weight is 407 g/mol. The van der Waals surface area contributed by atoms with Gasteiger partial charge < -0.3 is 9.84 Å². The van der Waals surface area contributed by atoms with Crippen LogP contribution >= 0.6 is 11.3 Å². The van der Waals surface area contributed by atoms with E-state index in [1.165, 1.54) is 10.2 Å². The predicted molar refractivity (Wildman–Crippen MR) is 117 cm³/mol. The zero-order valence-electron chi connectivity index (χ0n) is 16.1. The first-order valence-corrected chi connectivity index (χ1v) is 10.5. The largest absolute Gasteiger partial charge is 0.491 e. The molecule has 1 N–H and O–H groups in total. The van der Waals surface area contributed by atoms with Crippen molar-refractivity contribution in [3.8, 4) is 16.3 Å². The number of thiophene rings is 1. The van der Waals surface area contributed by atoms with Crippen LogP contribution in [0.25, 0.3) is 21.3 Å². The Morgan fingerprint density at radius 3 is 2.69 bits per heavy atom. The Bertz CT molecular complexity index is 1170. The van der Waals surface area contributed by atoms with Gasteiger partial charge in [0, 0.05) is 5.39 Å². The topological polar surface area (TPSA) is 64.3 Å². The summed E-state index contributed by atoms with van der Waals surface area (Å²) in [5, 5.41) is 18.4. The lowest BCUT2D eigenvalue weighted by atomic mass is 10.1. The molecule has 2 heterocycles. The number of nitrogens with zero attached hydrogens (tertiary/aromatic N) is 2. The second-order valence-corrected chi connectivity index (χ2v) is 7.77. The Hall–Kier alpha value is -2.96. The van der Waals surface area contributed by atoms with Crippen molar-refractivity contribution in [3.05, 3.63) is 82.0 Å². The number of aliphatic hydroxyl groups is 1. The van der Waals surface area contributed by atoms with Crippen LogP contribution in [0.3, 0.4) is 0 Å². The van der Waals surface area contributed by atoms with E-state index in [-0.39, 0.29) is 18.7 Å². The van der Waals surface area contributed by atoms with Crippen molar-refractivity contribution in [3.63, 3.8) is 0 Å². The SMILES string of the molecule is CCc1cccc(OCC(O)Cn2nc(-c3cccs3)c3ccccc3c2=O)c1. The molecule has 1 unspecified atom stereocenters. The summed E-state index contributed by atoms with van der Waals surface area (Å²) in [4.78, 5) is 13.9. The first-order valence-electron chi connectivity index (χ1n) is 9.59. The fraction of sp³-hybridized carbons (Fsp3) is 0.217. The molecular formula is C23H22N2O3S. The maximum absolute atomic E-state index is 12.9. The lowest BCUT2D eigenvalue weighted by Gasteiger charge is -2.15. The molecule has 4 rings (SSSR count). The molecule has 29 heavy (non-hydrogen) atoms. The Labute approximate surface area is 172 Å². The summed E-state index contributed by atoms with van der Waals surface area (Å²) >= 11 is 1.57. The number of aryl methyl sites for hydroxylation is 1. The summed E-state index contributed by atoms with van der Waals surface area (Å²) in [5.41, 5.74) is 1.71. The van der Waals surface area contributed by atoms with Crippen LogP contribution in [0, 0.1) is 0 Å². The summed E-state index contributed by atoms with van der Waals surface area (Å²) in [6.07, 6.45) is 0.0598. The molecule has 148 valence electrons. The number of rotatable bonds is 7. The minimum absolute atomic E-state index is 0.0650. The fourth-order valence-electron chi connectivity index (χ4n) is 3.25. The number of benzene rings is 2. The van der Waals surface area contributed by atoms with Gasteiger partial charge in [0.1, 0.15) is 24.2 Å². The van der Waals surface area contributed by atoms with Gasteiger partial charge in [-0.05, 0) is 41.6 Å². The van der Waals surface area contributed by atoms with Crippen LogP contribution in [0.1, 0.15) is 12.5 Å². The molecule has 2 aromatic carbocycles.